The molecule has 1 aromatic rings. The number of hydrogen-bond acceptors (Lipinski definition) is 2. The molecule has 1 aromatic carbocycles. The lowest BCUT2D eigenvalue weighted by molar-refractivity contribution is 0.0956. The Balaban J connectivity index is 3.39. The second kappa shape index (κ2) is 4.73. The molecule has 1 rings (SSSR count). The first-order valence-electron chi connectivity index (χ1n) is 4.85. The van der Waals surface area contributed by atoms with Crippen molar-refractivity contribution in [3.8, 4) is 5.75 Å². The minimum atomic E-state index is -1.96. The van der Waals surface area contributed by atoms with Crippen molar-refractivity contribution in [3.05, 3.63) is 28.8 Å². The summed E-state index contributed by atoms with van der Waals surface area (Å²) in [7, 11) is 0. The van der Waals surface area contributed by atoms with Crippen LogP contribution in [0.3, 0.4) is 0 Å². The molecule has 1 N–H and O–H groups in total. The second-order valence-electron chi connectivity index (χ2n) is 4.00. The molecule has 17 heavy (non-hydrogen) atoms. The first-order chi connectivity index (χ1) is 7.77. The fourth-order valence-corrected chi connectivity index (χ4v) is 1.34. The van der Waals surface area contributed by atoms with Gasteiger partial charge in [-0.1, -0.05) is 13.8 Å². The highest BCUT2D eigenvalue weighted by molar-refractivity contribution is 5.97. The van der Waals surface area contributed by atoms with Crippen molar-refractivity contribution in [3.63, 3.8) is 0 Å². The van der Waals surface area contributed by atoms with Crippen molar-refractivity contribution in [2.45, 2.75) is 20.3 Å². The number of phenols is 1. The Bertz CT molecular complexity index is 440. The van der Waals surface area contributed by atoms with E-state index in [0.29, 0.717) is 0 Å². The lowest BCUT2D eigenvalue weighted by atomic mass is 9.99. The summed E-state index contributed by atoms with van der Waals surface area (Å²) in [6.07, 6.45) is -0.252. The Hall–Kier alpha value is -1.59. The Morgan fingerprint density at radius 3 is 1.82 bits per heavy atom. The number of carbonyl (C=O) groups excluding carboxylic acids is 1. The number of aromatic hydroxyl groups is 1. The standard InChI is InChI=1S/C11H10F4O2/c1-4(2)3-5(16)6-7(12)9(14)11(17)10(15)8(6)13/h4,17H,3H2,1-2H3. The minimum absolute atomic E-state index is 0.221. The van der Waals surface area contributed by atoms with Gasteiger partial charge in [-0.2, -0.15) is 8.78 Å². The molecule has 6 heteroatoms. The van der Waals surface area contributed by atoms with Crippen molar-refractivity contribution < 1.29 is 27.5 Å². The third-order valence-corrected chi connectivity index (χ3v) is 2.11. The summed E-state index contributed by atoms with van der Waals surface area (Å²) in [6, 6.07) is 0. The van der Waals surface area contributed by atoms with Crippen LogP contribution in [0.1, 0.15) is 30.6 Å². The van der Waals surface area contributed by atoms with Gasteiger partial charge in [0.05, 0.1) is 5.56 Å². The van der Waals surface area contributed by atoms with Crippen LogP contribution in [0, 0.1) is 29.2 Å². The molecule has 0 aliphatic carbocycles. The van der Waals surface area contributed by atoms with Gasteiger partial charge >= 0.3 is 0 Å². The number of ketones is 1. The van der Waals surface area contributed by atoms with Gasteiger partial charge in [0.15, 0.2) is 23.2 Å². The Kier molecular flexibility index (Phi) is 3.75. The monoisotopic (exact) mass is 250 g/mol. The van der Waals surface area contributed by atoms with Crippen LogP contribution in [0.5, 0.6) is 5.75 Å². The van der Waals surface area contributed by atoms with Crippen LogP contribution in [0.2, 0.25) is 0 Å². The van der Waals surface area contributed by atoms with E-state index in [1.807, 2.05) is 0 Å². The van der Waals surface area contributed by atoms with E-state index in [2.05, 4.69) is 0 Å². The summed E-state index contributed by atoms with van der Waals surface area (Å²) in [5.74, 6) is -10.7. The fraction of sp³-hybridized carbons (Fsp3) is 0.364. The van der Waals surface area contributed by atoms with Crippen LogP contribution >= 0.6 is 0 Å². The van der Waals surface area contributed by atoms with Crippen LogP contribution in [-0.4, -0.2) is 10.9 Å². The van der Waals surface area contributed by atoms with Gasteiger partial charge in [-0.15, -0.1) is 0 Å². The summed E-state index contributed by atoms with van der Waals surface area (Å²) in [4.78, 5) is 11.4. The first-order valence-corrected chi connectivity index (χ1v) is 4.85. The highest BCUT2D eigenvalue weighted by Crippen LogP contribution is 2.29. The van der Waals surface area contributed by atoms with Gasteiger partial charge in [-0.3, -0.25) is 4.79 Å². The Morgan fingerprint density at radius 1 is 1.06 bits per heavy atom. The maximum atomic E-state index is 13.2. The van der Waals surface area contributed by atoms with E-state index in [-0.39, 0.29) is 12.3 Å². The van der Waals surface area contributed by atoms with E-state index in [1.165, 1.54) is 0 Å². The van der Waals surface area contributed by atoms with Crippen molar-refractivity contribution in [2.24, 2.45) is 5.92 Å². The molecule has 0 atom stereocenters. The summed E-state index contributed by atoms with van der Waals surface area (Å²) in [6.45, 7) is 3.22. The predicted molar refractivity (Wildman–Crippen MR) is 51.7 cm³/mol. The van der Waals surface area contributed by atoms with Gasteiger partial charge in [0.2, 0.25) is 11.6 Å². The largest absolute Gasteiger partial charge is 0.503 e. The number of benzene rings is 1. The molecule has 0 aliphatic rings. The normalized spacial score (nSPS) is 11.0. The SMILES string of the molecule is CC(C)CC(=O)c1c(F)c(F)c(O)c(F)c1F. The van der Waals surface area contributed by atoms with Gasteiger partial charge in [0.1, 0.15) is 0 Å². The van der Waals surface area contributed by atoms with E-state index >= 15 is 0 Å². The smallest absolute Gasteiger partial charge is 0.204 e. The maximum absolute atomic E-state index is 13.2. The molecular weight excluding hydrogens is 240 g/mol. The second-order valence-corrected chi connectivity index (χ2v) is 4.00. The zero-order valence-corrected chi connectivity index (χ0v) is 9.15. The third kappa shape index (κ3) is 2.40. The van der Waals surface area contributed by atoms with E-state index in [9.17, 15) is 22.4 Å². The molecule has 0 fully saturated rings. The molecule has 94 valence electrons. The van der Waals surface area contributed by atoms with Gasteiger partial charge in [-0.25, -0.2) is 8.78 Å². The van der Waals surface area contributed by atoms with Gasteiger partial charge < -0.3 is 5.11 Å². The van der Waals surface area contributed by atoms with Crippen LogP contribution < -0.4 is 0 Å². The average Bonchev–Trinajstić information content (AvgIpc) is 2.23. The number of rotatable bonds is 3. The van der Waals surface area contributed by atoms with Gasteiger partial charge in [0.25, 0.3) is 0 Å². The molecule has 0 radical (unpaired) electrons. The van der Waals surface area contributed by atoms with Crippen LogP contribution in [0.4, 0.5) is 17.6 Å². The fourth-order valence-electron chi connectivity index (χ4n) is 1.34. The van der Waals surface area contributed by atoms with Crippen molar-refractivity contribution in [2.75, 3.05) is 0 Å². The van der Waals surface area contributed by atoms with Gasteiger partial charge in [0, 0.05) is 6.42 Å². The van der Waals surface area contributed by atoms with Crippen LogP contribution in [0.25, 0.3) is 0 Å². The summed E-state index contributed by atoms with van der Waals surface area (Å²) in [5.41, 5.74) is -1.29. The zero-order chi connectivity index (χ0) is 13.3. The quantitative estimate of drug-likeness (QED) is 0.508. The molecule has 0 saturated carbocycles. The van der Waals surface area contributed by atoms with Crippen molar-refractivity contribution in [1.82, 2.24) is 0 Å². The molecule has 2 nitrogen and oxygen atoms in total. The molecule has 0 aromatic heterocycles. The molecule has 0 aliphatic heterocycles. The lowest BCUT2D eigenvalue weighted by Gasteiger charge is -2.09. The number of halogens is 4. The number of phenolic OH excluding ortho intramolecular Hbond substituents is 1. The maximum Gasteiger partial charge on any atom is 0.204 e. The Labute approximate surface area is 94.9 Å². The predicted octanol–water partition coefficient (Wildman–Crippen LogP) is 3.18. The Morgan fingerprint density at radius 2 is 1.47 bits per heavy atom. The first kappa shape index (κ1) is 13.5. The molecule has 0 bridgehead atoms. The highest BCUT2D eigenvalue weighted by atomic mass is 19.2. The van der Waals surface area contributed by atoms with Crippen molar-refractivity contribution in [1.29, 1.82) is 0 Å². The number of hydrogen-bond donors (Lipinski definition) is 1. The minimum Gasteiger partial charge on any atom is -0.503 e. The van der Waals surface area contributed by atoms with E-state index in [4.69, 9.17) is 5.11 Å². The average molecular weight is 250 g/mol. The zero-order valence-electron chi connectivity index (χ0n) is 9.15. The summed E-state index contributed by atoms with van der Waals surface area (Å²) in [5, 5.41) is 8.71. The third-order valence-electron chi connectivity index (χ3n) is 2.11. The molecule has 0 saturated heterocycles. The van der Waals surface area contributed by atoms with Gasteiger partial charge in [-0.05, 0) is 5.92 Å². The molecule has 0 spiro atoms. The number of Topliss-reactive ketones (excluding diaryl/α,β-unsaturated/α-hetero) is 1. The topological polar surface area (TPSA) is 37.3 Å². The molecule has 0 heterocycles. The van der Waals surface area contributed by atoms with E-state index in [1.54, 1.807) is 13.8 Å². The molecule has 0 unspecified atom stereocenters. The number of carbonyl (C=O) groups is 1. The summed E-state index contributed by atoms with van der Waals surface area (Å²) >= 11 is 0. The van der Waals surface area contributed by atoms with Crippen molar-refractivity contribution >= 4 is 5.78 Å². The molecule has 0 amide bonds. The van der Waals surface area contributed by atoms with Crippen LogP contribution in [-0.2, 0) is 0 Å². The molecular formula is C11H10F4O2. The van der Waals surface area contributed by atoms with Crippen LogP contribution in [0.15, 0.2) is 0 Å². The van der Waals surface area contributed by atoms with E-state index in [0.717, 1.165) is 0 Å². The van der Waals surface area contributed by atoms with E-state index < -0.39 is 40.4 Å². The lowest BCUT2D eigenvalue weighted by Crippen LogP contribution is -2.12. The summed E-state index contributed by atoms with van der Waals surface area (Å²) < 4.78 is 52.4. The highest BCUT2D eigenvalue weighted by Gasteiger charge is 2.29.